The van der Waals surface area contributed by atoms with Crippen molar-refractivity contribution in [1.82, 2.24) is 10.2 Å². The Hall–Kier alpha value is -1.87. The molecule has 1 heterocycles. The zero-order chi connectivity index (χ0) is 14.8. The summed E-state index contributed by atoms with van der Waals surface area (Å²) >= 11 is 0. The van der Waals surface area contributed by atoms with Gasteiger partial charge in [0.05, 0.1) is 12.1 Å². The molecule has 2 atom stereocenters. The minimum atomic E-state index is 0.0256. The molecule has 3 heteroatoms. The lowest BCUT2D eigenvalue weighted by atomic mass is 9.99. The Morgan fingerprint density at radius 2 is 2.00 bits per heavy atom. The van der Waals surface area contributed by atoms with Crippen LogP contribution in [0.15, 0.2) is 42.5 Å². The van der Waals surface area contributed by atoms with E-state index in [-0.39, 0.29) is 18.0 Å². The first-order valence-corrected chi connectivity index (χ1v) is 7.65. The second-order valence-electron chi connectivity index (χ2n) is 5.94. The van der Waals surface area contributed by atoms with Crippen molar-refractivity contribution in [3.63, 3.8) is 0 Å². The van der Waals surface area contributed by atoms with Crippen molar-refractivity contribution < 1.29 is 4.79 Å². The third-order valence-corrected chi connectivity index (χ3v) is 4.47. The summed E-state index contributed by atoms with van der Waals surface area (Å²) in [5, 5.41) is 5.61. The number of nitrogens with zero attached hydrogens (tertiary/aromatic N) is 1. The van der Waals surface area contributed by atoms with Crippen LogP contribution in [0.5, 0.6) is 0 Å². The summed E-state index contributed by atoms with van der Waals surface area (Å²) in [4.78, 5) is 14.6. The lowest BCUT2D eigenvalue weighted by Crippen LogP contribution is -2.42. The molecule has 1 aliphatic rings. The van der Waals surface area contributed by atoms with E-state index in [4.69, 9.17) is 0 Å². The standard InChI is InChI=1S/C18H22N2O/c1-13(19-18(21)17-11-6-12-20(17)2)15-10-5-8-14-7-3-4-9-16(14)15/h3-5,7-10,13,17H,6,11-12H2,1-2H3,(H,19,21)/t13-,17-/m1/s1. The molecular weight excluding hydrogens is 260 g/mol. The minimum Gasteiger partial charge on any atom is -0.348 e. The van der Waals surface area contributed by atoms with E-state index in [1.165, 1.54) is 16.3 Å². The van der Waals surface area contributed by atoms with Crippen molar-refractivity contribution in [2.24, 2.45) is 0 Å². The van der Waals surface area contributed by atoms with Crippen LogP contribution in [0.2, 0.25) is 0 Å². The van der Waals surface area contributed by atoms with E-state index in [0.717, 1.165) is 19.4 Å². The Labute approximate surface area is 125 Å². The number of likely N-dealkylation sites (tertiary alicyclic amines) is 1. The maximum Gasteiger partial charge on any atom is 0.237 e. The monoisotopic (exact) mass is 282 g/mol. The van der Waals surface area contributed by atoms with Crippen molar-refractivity contribution in [2.45, 2.75) is 31.8 Å². The molecule has 1 fully saturated rings. The topological polar surface area (TPSA) is 32.3 Å². The van der Waals surface area contributed by atoms with E-state index < -0.39 is 0 Å². The van der Waals surface area contributed by atoms with Crippen LogP contribution >= 0.6 is 0 Å². The molecular formula is C18H22N2O. The molecule has 21 heavy (non-hydrogen) atoms. The average molecular weight is 282 g/mol. The largest absolute Gasteiger partial charge is 0.348 e. The third-order valence-electron chi connectivity index (χ3n) is 4.47. The van der Waals surface area contributed by atoms with Gasteiger partial charge in [0, 0.05) is 0 Å². The summed E-state index contributed by atoms with van der Waals surface area (Å²) in [6.07, 6.45) is 2.07. The number of amides is 1. The van der Waals surface area contributed by atoms with Gasteiger partial charge in [-0.25, -0.2) is 0 Å². The SMILES string of the molecule is C[C@@H](NC(=O)[C@H]1CCCN1C)c1cccc2ccccc12. The van der Waals surface area contributed by atoms with Gasteiger partial charge < -0.3 is 5.32 Å². The number of benzene rings is 2. The van der Waals surface area contributed by atoms with Crippen LogP contribution in [-0.2, 0) is 4.79 Å². The van der Waals surface area contributed by atoms with Crippen LogP contribution in [0, 0.1) is 0 Å². The van der Waals surface area contributed by atoms with Crippen LogP contribution in [0.4, 0.5) is 0 Å². The highest BCUT2D eigenvalue weighted by atomic mass is 16.2. The van der Waals surface area contributed by atoms with Gasteiger partial charge in [0.25, 0.3) is 0 Å². The summed E-state index contributed by atoms with van der Waals surface area (Å²) in [5.41, 5.74) is 1.18. The average Bonchev–Trinajstić information content (AvgIpc) is 2.92. The van der Waals surface area contributed by atoms with E-state index in [2.05, 4.69) is 47.5 Å². The number of likely N-dealkylation sites (N-methyl/N-ethyl adjacent to an activating group) is 1. The summed E-state index contributed by atoms with van der Waals surface area (Å²) < 4.78 is 0. The maximum absolute atomic E-state index is 12.4. The fourth-order valence-corrected chi connectivity index (χ4v) is 3.26. The molecule has 0 aromatic heterocycles. The number of nitrogens with one attached hydrogen (secondary N) is 1. The highest BCUT2D eigenvalue weighted by molar-refractivity contribution is 5.87. The van der Waals surface area contributed by atoms with Gasteiger partial charge in [-0.05, 0) is 49.7 Å². The number of hydrogen-bond donors (Lipinski definition) is 1. The first-order chi connectivity index (χ1) is 10.2. The second kappa shape index (κ2) is 5.86. The molecule has 0 bridgehead atoms. The van der Waals surface area contributed by atoms with E-state index >= 15 is 0 Å². The minimum absolute atomic E-state index is 0.0256. The molecule has 2 aromatic carbocycles. The summed E-state index contributed by atoms with van der Waals surface area (Å²) in [6.45, 7) is 3.08. The van der Waals surface area contributed by atoms with Crippen LogP contribution in [-0.4, -0.2) is 30.4 Å². The Morgan fingerprint density at radius 1 is 1.24 bits per heavy atom. The van der Waals surface area contributed by atoms with Crippen molar-refractivity contribution in [3.8, 4) is 0 Å². The van der Waals surface area contributed by atoms with Gasteiger partial charge in [-0.1, -0.05) is 42.5 Å². The van der Waals surface area contributed by atoms with Crippen LogP contribution in [0.1, 0.15) is 31.4 Å². The molecule has 0 saturated carbocycles. The van der Waals surface area contributed by atoms with Crippen molar-refractivity contribution >= 4 is 16.7 Å². The van der Waals surface area contributed by atoms with Gasteiger partial charge in [-0.15, -0.1) is 0 Å². The molecule has 0 unspecified atom stereocenters. The number of carbonyl (C=O) groups excluding carboxylic acids is 1. The molecule has 1 aliphatic heterocycles. The van der Waals surface area contributed by atoms with Crippen molar-refractivity contribution in [2.75, 3.05) is 13.6 Å². The number of fused-ring (bicyclic) bond motifs is 1. The van der Waals surface area contributed by atoms with E-state index in [9.17, 15) is 4.79 Å². The molecule has 1 N–H and O–H groups in total. The fraction of sp³-hybridized carbons (Fsp3) is 0.389. The fourth-order valence-electron chi connectivity index (χ4n) is 3.26. The van der Waals surface area contributed by atoms with Gasteiger partial charge in [0.1, 0.15) is 0 Å². The highest BCUT2D eigenvalue weighted by Crippen LogP contribution is 2.24. The number of rotatable bonds is 3. The first kappa shape index (κ1) is 14.1. The Bertz CT molecular complexity index is 647. The first-order valence-electron chi connectivity index (χ1n) is 7.65. The van der Waals surface area contributed by atoms with Crippen LogP contribution < -0.4 is 5.32 Å². The zero-order valence-corrected chi connectivity index (χ0v) is 12.7. The van der Waals surface area contributed by atoms with E-state index in [1.54, 1.807) is 0 Å². The number of hydrogen-bond acceptors (Lipinski definition) is 2. The van der Waals surface area contributed by atoms with E-state index in [1.807, 2.05) is 19.2 Å². The van der Waals surface area contributed by atoms with Crippen molar-refractivity contribution in [1.29, 1.82) is 0 Å². The predicted octanol–water partition coefficient (Wildman–Crippen LogP) is 3.11. The Balaban J connectivity index is 1.81. The van der Waals surface area contributed by atoms with Crippen molar-refractivity contribution in [3.05, 3.63) is 48.0 Å². The zero-order valence-electron chi connectivity index (χ0n) is 12.7. The normalized spacial score (nSPS) is 20.6. The Morgan fingerprint density at radius 3 is 2.76 bits per heavy atom. The molecule has 0 radical (unpaired) electrons. The molecule has 110 valence electrons. The third kappa shape index (κ3) is 2.79. The van der Waals surface area contributed by atoms with Gasteiger partial charge in [0.15, 0.2) is 0 Å². The van der Waals surface area contributed by atoms with Gasteiger partial charge >= 0.3 is 0 Å². The lowest BCUT2D eigenvalue weighted by molar-refractivity contribution is -0.125. The van der Waals surface area contributed by atoms with Gasteiger partial charge in [0.2, 0.25) is 5.91 Å². The molecule has 0 aliphatic carbocycles. The summed E-state index contributed by atoms with van der Waals surface area (Å²) in [7, 11) is 2.03. The molecule has 0 spiro atoms. The van der Waals surface area contributed by atoms with E-state index in [0.29, 0.717) is 0 Å². The predicted molar refractivity (Wildman–Crippen MR) is 86.2 cm³/mol. The quantitative estimate of drug-likeness (QED) is 0.938. The lowest BCUT2D eigenvalue weighted by Gasteiger charge is -2.22. The smallest absolute Gasteiger partial charge is 0.237 e. The summed E-state index contributed by atoms with van der Waals surface area (Å²) in [5.74, 6) is 0.149. The van der Waals surface area contributed by atoms with Crippen LogP contribution in [0.3, 0.4) is 0 Å². The Kier molecular flexibility index (Phi) is 3.93. The molecule has 1 saturated heterocycles. The van der Waals surface area contributed by atoms with Gasteiger partial charge in [-0.2, -0.15) is 0 Å². The molecule has 3 rings (SSSR count). The molecule has 3 nitrogen and oxygen atoms in total. The maximum atomic E-state index is 12.4. The second-order valence-corrected chi connectivity index (χ2v) is 5.94. The van der Waals surface area contributed by atoms with Crippen LogP contribution in [0.25, 0.3) is 10.8 Å². The number of carbonyl (C=O) groups is 1. The molecule has 1 amide bonds. The van der Waals surface area contributed by atoms with Gasteiger partial charge in [-0.3, -0.25) is 9.69 Å². The highest BCUT2D eigenvalue weighted by Gasteiger charge is 2.28. The summed E-state index contributed by atoms with van der Waals surface area (Å²) in [6, 6.07) is 14.6. The molecule has 2 aromatic rings.